The second kappa shape index (κ2) is 7.72. The number of halogens is 1. The fourth-order valence-corrected chi connectivity index (χ4v) is 3.65. The predicted octanol–water partition coefficient (Wildman–Crippen LogP) is 2.86. The van der Waals surface area contributed by atoms with E-state index in [1.165, 1.54) is 29.4 Å². The van der Waals surface area contributed by atoms with Gasteiger partial charge >= 0.3 is 0 Å². The van der Waals surface area contributed by atoms with E-state index in [1.807, 2.05) is 13.0 Å². The minimum atomic E-state index is -2.51. The number of aliphatic imine (C=N–C) groups is 2. The molecule has 4 rings (SSSR count). The molecule has 0 saturated heterocycles. The van der Waals surface area contributed by atoms with E-state index in [4.69, 9.17) is 9.85 Å². The highest BCUT2D eigenvalue weighted by Gasteiger charge is 2.40. The highest BCUT2D eigenvalue weighted by molar-refractivity contribution is 6.14. The van der Waals surface area contributed by atoms with Gasteiger partial charge in [0.15, 0.2) is 6.10 Å². The SMILES string of the molecule is [2H]C([2H])([2H])C1N=C(c2ccc(NC(=O)C(O)c3cccc(C)c3)cc2F)C2=CN=CC(C)(N)N21. The summed E-state index contributed by atoms with van der Waals surface area (Å²) in [6, 6.07) is 10.8. The smallest absolute Gasteiger partial charge is 0.257 e. The van der Waals surface area contributed by atoms with E-state index in [-0.39, 0.29) is 17.0 Å². The number of aliphatic hydroxyl groups is 1. The number of amides is 1. The Morgan fingerprint density at radius 1 is 1.39 bits per heavy atom. The van der Waals surface area contributed by atoms with E-state index >= 15 is 4.39 Å². The van der Waals surface area contributed by atoms with Crippen LogP contribution in [0.1, 0.15) is 40.7 Å². The van der Waals surface area contributed by atoms with Gasteiger partial charge in [-0.1, -0.05) is 29.8 Å². The maximum Gasteiger partial charge on any atom is 0.257 e. The molecule has 1 amide bonds. The summed E-state index contributed by atoms with van der Waals surface area (Å²) in [6.45, 7) is 0.921. The molecule has 4 N–H and O–H groups in total. The van der Waals surface area contributed by atoms with E-state index in [9.17, 15) is 9.90 Å². The Kier molecular flexibility index (Phi) is 4.31. The average molecular weight is 424 g/mol. The first kappa shape index (κ1) is 17.3. The molecule has 8 heteroatoms. The number of nitrogens with one attached hydrogen (secondary N) is 1. The summed E-state index contributed by atoms with van der Waals surface area (Å²) in [7, 11) is 0. The van der Waals surface area contributed by atoms with Crippen molar-refractivity contribution in [3.05, 3.63) is 76.9 Å². The number of hydrogen-bond acceptors (Lipinski definition) is 6. The number of aryl methyl sites for hydroxylation is 1. The second-order valence-corrected chi connectivity index (χ2v) is 7.74. The van der Waals surface area contributed by atoms with Crippen molar-refractivity contribution in [2.75, 3.05) is 5.32 Å². The lowest BCUT2D eigenvalue weighted by Gasteiger charge is -2.38. The minimum absolute atomic E-state index is 0.0353. The van der Waals surface area contributed by atoms with Gasteiger partial charge < -0.3 is 21.1 Å². The maximum atomic E-state index is 15.2. The third-order valence-corrected chi connectivity index (χ3v) is 5.15. The van der Waals surface area contributed by atoms with Crippen LogP contribution in [-0.2, 0) is 4.79 Å². The number of aliphatic hydroxyl groups excluding tert-OH is 1. The Balaban J connectivity index is 1.61. The Hall–Kier alpha value is -3.36. The van der Waals surface area contributed by atoms with Crippen molar-refractivity contribution in [3.8, 4) is 0 Å². The van der Waals surface area contributed by atoms with Gasteiger partial charge in [-0.3, -0.25) is 14.8 Å². The van der Waals surface area contributed by atoms with Gasteiger partial charge in [-0.05, 0) is 44.5 Å². The summed E-state index contributed by atoms with van der Waals surface area (Å²) in [5.74, 6) is -1.45. The molecule has 0 radical (unpaired) electrons. The monoisotopic (exact) mass is 424 g/mol. The molecule has 160 valence electrons. The van der Waals surface area contributed by atoms with Crippen molar-refractivity contribution < 1.29 is 18.4 Å². The molecule has 0 fully saturated rings. The molecule has 2 aliphatic rings. The summed E-state index contributed by atoms with van der Waals surface area (Å²) < 4.78 is 38.7. The standard InChI is InChI=1S/C23H24FN5O2/c1-13-5-4-6-15(9-13)21(30)22(31)28-16-7-8-17(18(24)10-16)20-19-11-26-12-23(3,25)29(19)14(2)27-20/h4-12,14,21,30H,25H2,1-3H3,(H,28,31)/i2D3. The molecular weight excluding hydrogens is 397 g/mol. The number of allylic oxidation sites excluding steroid dienone is 1. The number of carbonyl (C=O) groups is 1. The zero-order valence-corrected chi connectivity index (χ0v) is 17.0. The van der Waals surface area contributed by atoms with Gasteiger partial charge in [0.05, 0.1) is 17.6 Å². The first-order valence-electron chi connectivity index (χ1n) is 11.1. The van der Waals surface area contributed by atoms with Gasteiger partial charge in [-0.25, -0.2) is 4.39 Å². The highest BCUT2D eigenvalue weighted by atomic mass is 19.1. The third-order valence-electron chi connectivity index (χ3n) is 5.15. The van der Waals surface area contributed by atoms with Gasteiger partial charge in [-0.2, -0.15) is 0 Å². The van der Waals surface area contributed by atoms with E-state index < -0.39 is 36.5 Å². The van der Waals surface area contributed by atoms with Crippen LogP contribution in [0.25, 0.3) is 0 Å². The number of carbonyl (C=O) groups excluding carboxylic acids is 1. The summed E-state index contributed by atoms with van der Waals surface area (Å²) in [4.78, 5) is 22.2. The van der Waals surface area contributed by atoms with Gasteiger partial charge in [0.2, 0.25) is 0 Å². The van der Waals surface area contributed by atoms with E-state index in [1.54, 1.807) is 25.1 Å². The Morgan fingerprint density at radius 2 is 2.19 bits per heavy atom. The van der Waals surface area contributed by atoms with Gasteiger partial charge in [0, 0.05) is 21.6 Å². The molecule has 0 spiro atoms. The molecule has 0 aliphatic carbocycles. The third kappa shape index (κ3) is 3.87. The van der Waals surface area contributed by atoms with Crippen LogP contribution in [0.3, 0.4) is 0 Å². The van der Waals surface area contributed by atoms with Crippen LogP contribution in [0.4, 0.5) is 10.1 Å². The predicted molar refractivity (Wildman–Crippen MR) is 118 cm³/mol. The number of hydrogen-bond donors (Lipinski definition) is 3. The zero-order chi connectivity index (χ0) is 24.8. The first-order chi connectivity index (χ1) is 15.9. The summed E-state index contributed by atoms with van der Waals surface area (Å²) in [5, 5.41) is 12.8. The average Bonchev–Trinajstić information content (AvgIpc) is 3.15. The molecule has 0 aromatic heterocycles. The molecule has 7 nitrogen and oxygen atoms in total. The van der Waals surface area contributed by atoms with Crippen molar-refractivity contribution in [1.82, 2.24) is 4.90 Å². The van der Waals surface area contributed by atoms with Gasteiger partial charge in [-0.15, -0.1) is 0 Å². The first-order valence-corrected chi connectivity index (χ1v) is 9.65. The highest BCUT2D eigenvalue weighted by Crippen LogP contribution is 2.33. The summed E-state index contributed by atoms with van der Waals surface area (Å²) in [5.41, 5.74) is 6.86. The van der Waals surface area contributed by atoms with Crippen molar-refractivity contribution in [2.24, 2.45) is 15.7 Å². The number of anilines is 1. The second-order valence-electron chi connectivity index (χ2n) is 7.74. The van der Waals surface area contributed by atoms with Crippen LogP contribution in [0.5, 0.6) is 0 Å². The van der Waals surface area contributed by atoms with Crippen LogP contribution >= 0.6 is 0 Å². The fourth-order valence-electron chi connectivity index (χ4n) is 3.65. The summed E-state index contributed by atoms with van der Waals surface area (Å²) >= 11 is 0. The topological polar surface area (TPSA) is 103 Å². The Labute approximate surface area is 184 Å². The molecule has 2 aromatic carbocycles. The Bertz CT molecular complexity index is 1240. The van der Waals surface area contributed by atoms with E-state index in [2.05, 4.69) is 15.3 Å². The molecule has 0 bridgehead atoms. The van der Waals surface area contributed by atoms with Gasteiger partial charge in [0.25, 0.3) is 5.91 Å². The van der Waals surface area contributed by atoms with Gasteiger partial charge in [0.1, 0.15) is 17.6 Å². The molecule has 2 aliphatic heterocycles. The molecule has 2 heterocycles. The number of nitrogens with zero attached hydrogens (tertiary/aromatic N) is 3. The lowest BCUT2D eigenvalue weighted by atomic mass is 10.0. The Morgan fingerprint density at radius 3 is 2.90 bits per heavy atom. The van der Waals surface area contributed by atoms with E-state index in [0.29, 0.717) is 11.3 Å². The fraction of sp³-hybridized carbons (Fsp3) is 0.261. The van der Waals surface area contributed by atoms with Crippen molar-refractivity contribution in [3.63, 3.8) is 0 Å². The minimum Gasteiger partial charge on any atom is -0.378 e. The van der Waals surface area contributed by atoms with Crippen LogP contribution in [0.15, 0.2) is 64.3 Å². The number of benzene rings is 2. The number of fused-ring (bicyclic) bond motifs is 1. The van der Waals surface area contributed by atoms with Crippen LogP contribution in [0, 0.1) is 12.7 Å². The lowest BCUT2D eigenvalue weighted by molar-refractivity contribution is -0.124. The molecule has 31 heavy (non-hydrogen) atoms. The number of nitrogens with two attached hydrogens (primary N) is 1. The normalized spacial score (nSPS) is 25.0. The zero-order valence-electron chi connectivity index (χ0n) is 20.0. The maximum absolute atomic E-state index is 15.2. The van der Waals surface area contributed by atoms with E-state index in [0.717, 1.165) is 11.6 Å². The van der Waals surface area contributed by atoms with Crippen LogP contribution < -0.4 is 11.1 Å². The largest absolute Gasteiger partial charge is 0.378 e. The van der Waals surface area contributed by atoms with Crippen LogP contribution in [0.2, 0.25) is 0 Å². The van der Waals surface area contributed by atoms with Crippen LogP contribution in [-0.4, -0.2) is 39.7 Å². The number of rotatable bonds is 4. The molecule has 0 saturated carbocycles. The lowest BCUT2D eigenvalue weighted by Crippen LogP contribution is -2.57. The van der Waals surface area contributed by atoms with Crippen molar-refractivity contribution >= 4 is 23.5 Å². The molecular formula is C23H24FN5O2. The quantitative estimate of drug-likeness (QED) is 0.702. The molecule has 2 aromatic rings. The van der Waals surface area contributed by atoms with Crippen molar-refractivity contribution in [2.45, 2.75) is 38.6 Å². The summed E-state index contributed by atoms with van der Waals surface area (Å²) in [6.07, 6.45) is 0.0658. The molecule has 3 atom stereocenters. The molecule has 3 unspecified atom stereocenters. The van der Waals surface area contributed by atoms with Crippen molar-refractivity contribution in [1.29, 1.82) is 0 Å².